The lowest BCUT2D eigenvalue weighted by atomic mass is 9.81. The molecule has 6 nitrogen and oxygen atoms in total. The van der Waals surface area contributed by atoms with E-state index in [4.69, 9.17) is 0 Å². The lowest BCUT2D eigenvalue weighted by Gasteiger charge is -2.27. The summed E-state index contributed by atoms with van der Waals surface area (Å²) in [4.78, 5) is 27.2. The summed E-state index contributed by atoms with van der Waals surface area (Å²) in [6, 6.07) is 15.9. The maximum Gasteiger partial charge on any atom is 0.326 e. The maximum absolute atomic E-state index is 12.3. The summed E-state index contributed by atoms with van der Waals surface area (Å²) in [5.41, 5.74) is 3.87. The van der Waals surface area contributed by atoms with Gasteiger partial charge in [-0.15, -0.1) is 0 Å². The Balaban J connectivity index is 1.52. The van der Waals surface area contributed by atoms with E-state index in [-0.39, 0.29) is 22.6 Å². The van der Waals surface area contributed by atoms with Crippen molar-refractivity contribution in [3.05, 3.63) is 70.1 Å². The van der Waals surface area contributed by atoms with Gasteiger partial charge in [-0.3, -0.25) is 4.57 Å². The molecule has 3 N–H and O–H groups in total. The van der Waals surface area contributed by atoms with Crippen LogP contribution in [0.25, 0.3) is 11.0 Å². The zero-order valence-corrected chi connectivity index (χ0v) is 18.5. The van der Waals surface area contributed by atoms with Crippen LogP contribution in [0.5, 0.6) is 0 Å². The molecule has 0 saturated carbocycles. The van der Waals surface area contributed by atoms with Gasteiger partial charge in [0.05, 0.1) is 11.0 Å². The van der Waals surface area contributed by atoms with Gasteiger partial charge >= 0.3 is 11.7 Å². The van der Waals surface area contributed by atoms with Crippen molar-refractivity contribution in [2.45, 2.75) is 52.0 Å². The average Bonchev–Trinajstić information content (AvgIpc) is 3.01. The molecule has 0 radical (unpaired) electrons. The molecule has 0 aliphatic heterocycles. The number of aromatic amines is 1. The van der Waals surface area contributed by atoms with E-state index in [1.165, 1.54) is 11.1 Å². The topological polar surface area (TPSA) is 78.9 Å². The van der Waals surface area contributed by atoms with E-state index in [1.54, 1.807) is 4.57 Å². The van der Waals surface area contributed by atoms with Crippen molar-refractivity contribution in [2.75, 3.05) is 13.1 Å². The number of aromatic nitrogens is 2. The number of H-pyrrole nitrogens is 1. The Morgan fingerprint density at radius 2 is 1.57 bits per heavy atom. The monoisotopic (exact) mass is 408 g/mol. The second kappa shape index (κ2) is 8.38. The second-order valence-electron chi connectivity index (χ2n) is 9.42. The van der Waals surface area contributed by atoms with Gasteiger partial charge in [-0.1, -0.05) is 71.0 Å². The lowest BCUT2D eigenvalue weighted by molar-refractivity contribution is 0.238. The Bertz CT molecular complexity index is 1070. The average molecular weight is 409 g/mol. The first-order valence-electron chi connectivity index (χ1n) is 10.4. The van der Waals surface area contributed by atoms with E-state index in [9.17, 15) is 9.59 Å². The summed E-state index contributed by atoms with van der Waals surface area (Å²) >= 11 is 0. The SMILES string of the molecule is CC(C)(C)c1ccc(C(C)(C)CNC(=O)NCCn2c(=O)[nH]c3ccccc32)cc1. The van der Waals surface area contributed by atoms with Crippen molar-refractivity contribution in [2.24, 2.45) is 0 Å². The molecule has 0 saturated heterocycles. The van der Waals surface area contributed by atoms with E-state index in [0.29, 0.717) is 19.6 Å². The number of hydrogen-bond donors (Lipinski definition) is 3. The third-order valence-corrected chi connectivity index (χ3v) is 5.53. The number of nitrogens with zero attached hydrogens (tertiary/aromatic N) is 1. The number of carbonyl (C=O) groups excluding carboxylic acids is 1. The highest BCUT2D eigenvalue weighted by atomic mass is 16.2. The van der Waals surface area contributed by atoms with Crippen molar-refractivity contribution in [1.82, 2.24) is 20.2 Å². The normalized spacial score (nSPS) is 12.2. The maximum atomic E-state index is 12.3. The first-order valence-corrected chi connectivity index (χ1v) is 10.4. The predicted octanol–water partition coefficient (Wildman–Crippen LogP) is 3.90. The van der Waals surface area contributed by atoms with Gasteiger partial charge in [0.15, 0.2) is 0 Å². The number of imidazole rings is 1. The van der Waals surface area contributed by atoms with Crippen LogP contribution in [0.2, 0.25) is 0 Å². The molecule has 1 aromatic heterocycles. The van der Waals surface area contributed by atoms with Crippen LogP contribution in [0, 0.1) is 0 Å². The van der Waals surface area contributed by atoms with Crippen LogP contribution in [0.15, 0.2) is 53.3 Å². The molecule has 1 heterocycles. The van der Waals surface area contributed by atoms with Crippen molar-refractivity contribution < 1.29 is 4.79 Å². The Kier molecular flexibility index (Phi) is 6.06. The lowest BCUT2D eigenvalue weighted by Crippen LogP contribution is -2.43. The van der Waals surface area contributed by atoms with Gasteiger partial charge in [0, 0.05) is 25.0 Å². The van der Waals surface area contributed by atoms with E-state index in [1.807, 2.05) is 24.3 Å². The van der Waals surface area contributed by atoms with Crippen LogP contribution in [0.3, 0.4) is 0 Å². The van der Waals surface area contributed by atoms with Crippen molar-refractivity contribution in [3.63, 3.8) is 0 Å². The van der Waals surface area contributed by atoms with Gasteiger partial charge in [-0.2, -0.15) is 0 Å². The molecule has 0 unspecified atom stereocenters. The minimum atomic E-state index is -0.234. The fraction of sp³-hybridized carbons (Fsp3) is 0.417. The molecule has 0 spiro atoms. The highest BCUT2D eigenvalue weighted by Gasteiger charge is 2.22. The third kappa shape index (κ3) is 4.93. The number of benzene rings is 2. The molecule has 0 bridgehead atoms. The summed E-state index contributed by atoms with van der Waals surface area (Å²) in [6.07, 6.45) is 0. The summed E-state index contributed by atoms with van der Waals surface area (Å²) < 4.78 is 1.64. The van der Waals surface area contributed by atoms with Crippen LogP contribution in [-0.4, -0.2) is 28.7 Å². The fourth-order valence-corrected chi connectivity index (χ4v) is 3.50. The summed E-state index contributed by atoms with van der Waals surface area (Å²) in [7, 11) is 0. The van der Waals surface area contributed by atoms with E-state index in [0.717, 1.165) is 11.0 Å². The van der Waals surface area contributed by atoms with Gasteiger partial charge in [-0.25, -0.2) is 9.59 Å². The second-order valence-corrected chi connectivity index (χ2v) is 9.42. The van der Waals surface area contributed by atoms with Crippen molar-refractivity contribution >= 4 is 17.1 Å². The number of nitrogens with one attached hydrogen (secondary N) is 3. The number of hydrogen-bond acceptors (Lipinski definition) is 2. The van der Waals surface area contributed by atoms with Gasteiger partial charge in [0.2, 0.25) is 0 Å². The van der Waals surface area contributed by atoms with E-state index < -0.39 is 0 Å². The molecule has 6 heteroatoms. The number of rotatable bonds is 6. The molecule has 30 heavy (non-hydrogen) atoms. The standard InChI is InChI=1S/C24H32N4O2/c1-23(2,3)17-10-12-18(13-11-17)24(4,5)16-26-21(29)25-14-15-28-20-9-7-6-8-19(20)27-22(28)30/h6-13H,14-16H2,1-5H3,(H,27,30)(H2,25,26,29). The largest absolute Gasteiger partial charge is 0.337 e. The van der Waals surface area contributed by atoms with Crippen molar-refractivity contribution in [3.8, 4) is 0 Å². The van der Waals surface area contributed by atoms with Gasteiger partial charge in [-0.05, 0) is 28.7 Å². The molecule has 3 rings (SSSR count). The summed E-state index contributed by atoms with van der Waals surface area (Å²) in [5, 5.41) is 5.80. The minimum absolute atomic E-state index is 0.119. The molecule has 2 amide bonds. The molecule has 0 aliphatic rings. The Hall–Kier alpha value is -3.02. The summed E-state index contributed by atoms with van der Waals surface area (Å²) in [6.45, 7) is 12.1. The smallest absolute Gasteiger partial charge is 0.326 e. The fourth-order valence-electron chi connectivity index (χ4n) is 3.50. The first-order chi connectivity index (χ1) is 14.1. The van der Waals surface area contributed by atoms with Gasteiger partial charge in [0.1, 0.15) is 0 Å². The third-order valence-electron chi connectivity index (χ3n) is 5.53. The number of para-hydroxylation sites is 2. The van der Waals surface area contributed by atoms with Crippen LogP contribution in [0.4, 0.5) is 4.79 Å². The molecule has 2 aromatic carbocycles. The Morgan fingerprint density at radius 1 is 0.933 bits per heavy atom. The predicted molar refractivity (Wildman–Crippen MR) is 122 cm³/mol. The highest BCUT2D eigenvalue weighted by molar-refractivity contribution is 5.75. The van der Waals surface area contributed by atoms with Crippen LogP contribution in [0.1, 0.15) is 45.7 Å². The number of fused-ring (bicyclic) bond motifs is 1. The first kappa shape index (κ1) is 21.7. The Morgan fingerprint density at radius 3 is 2.23 bits per heavy atom. The van der Waals surface area contributed by atoms with E-state index >= 15 is 0 Å². The number of urea groups is 1. The molecule has 0 atom stereocenters. The summed E-state index contributed by atoms with van der Waals surface area (Å²) in [5.74, 6) is 0. The molecular formula is C24H32N4O2. The highest BCUT2D eigenvalue weighted by Crippen LogP contribution is 2.27. The number of carbonyl (C=O) groups is 1. The molecule has 160 valence electrons. The zero-order valence-electron chi connectivity index (χ0n) is 18.5. The van der Waals surface area contributed by atoms with Crippen LogP contribution < -0.4 is 16.3 Å². The van der Waals surface area contributed by atoms with Crippen LogP contribution in [-0.2, 0) is 17.4 Å². The van der Waals surface area contributed by atoms with Gasteiger partial charge in [0.25, 0.3) is 0 Å². The van der Waals surface area contributed by atoms with E-state index in [2.05, 4.69) is 74.5 Å². The quantitative estimate of drug-likeness (QED) is 0.578. The Labute approximate surface area is 177 Å². The van der Waals surface area contributed by atoms with Crippen molar-refractivity contribution in [1.29, 1.82) is 0 Å². The van der Waals surface area contributed by atoms with Gasteiger partial charge < -0.3 is 15.6 Å². The molecule has 3 aromatic rings. The minimum Gasteiger partial charge on any atom is -0.337 e. The molecular weight excluding hydrogens is 376 g/mol. The molecule has 0 fully saturated rings. The number of amides is 2. The van der Waals surface area contributed by atoms with Crippen LogP contribution >= 0.6 is 0 Å². The zero-order chi connectivity index (χ0) is 21.9. The molecule has 0 aliphatic carbocycles.